The van der Waals surface area contributed by atoms with Gasteiger partial charge in [0.1, 0.15) is 0 Å². The normalized spacial score (nSPS) is 25.4. The Morgan fingerprint density at radius 3 is 2.33 bits per heavy atom. The smallest absolute Gasteiger partial charge is 0.0243 e. The molecule has 0 amide bonds. The van der Waals surface area contributed by atoms with Crippen LogP contribution in [-0.2, 0) is 0 Å². The molecule has 0 radical (unpaired) electrons. The maximum Gasteiger partial charge on any atom is 0.0243 e. The van der Waals surface area contributed by atoms with Gasteiger partial charge in [-0.15, -0.1) is 0 Å². The van der Waals surface area contributed by atoms with Gasteiger partial charge in [0.05, 0.1) is 0 Å². The van der Waals surface area contributed by atoms with Gasteiger partial charge in [-0.1, -0.05) is 34.6 Å². The zero-order valence-corrected chi connectivity index (χ0v) is 11.1. The zero-order valence-electron chi connectivity index (χ0n) is 11.1. The van der Waals surface area contributed by atoms with Crippen molar-refractivity contribution < 1.29 is 0 Å². The molecule has 2 atom stereocenters. The fourth-order valence-electron chi connectivity index (χ4n) is 2.41. The van der Waals surface area contributed by atoms with E-state index >= 15 is 0 Å². The lowest BCUT2D eigenvalue weighted by atomic mass is 10.0. The average Bonchev–Trinajstić information content (AvgIpc) is 2.51. The minimum atomic E-state index is 0.603. The molecule has 1 aliphatic heterocycles. The van der Waals surface area contributed by atoms with Crippen LogP contribution in [0.1, 0.15) is 41.0 Å². The van der Waals surface area contributed by atoms with Crippen LogP contribution in [-0.4, -0.2) is 36.6 Å². The number of likely N-dealkylation sites (tertiary alicyclic amines) is 1. The van der Waals surface area contributed by atoms with Crippen molar-refractivity contribution in [3.63, 3.8) is 0 Å². The van der Waals surface area contributed by atoms with Crippen molar-refractivity contribution in [2.24, 2.45) is 11.8 Å². The van der Waals surface area contributed by atoms with E-state index in [-0.39, 0.29) is 0 Å². The summed E-state index contributed by atoms with van der Waals surface area (Å²) >= 11 is 0. The molecule has 1 fully saturated rings. The topological polar surface area (TPSA) is 15.3 Å². The van der Waals surface area contributed by atoms with Crippen LogP contribution < -0.4 is 5.32 Å². The van der Waals surface area contributed by atoms with Gasteiger partial charge in [0, 0.05) is 25.2 Å². The molecule has 2 nitrogen and oxygen atoms in total. The molecule has 0 spiro atoms. The Morgan fingerprint density at radius 1 is 1.27 bits per heavy atom. The van der Waals surface area contributed by atoms with E-state index in [0.29, 0.717) is 6.04 Å². The van der Waals surface area contributed by atoms with Crippen LogP contribution in [0.2, 0.25) is 0 Å². The van der Waals surface area contributed by atoms with Gasteiger partial charge < -0.3 is 5.32 Å². The van der Waals surface area contributed by atoms with Gasteiger partial charge in [-0.25, -0.2) is 0 Å². The SMILES string of the molecule is CC1CCN(C(CNC(C)C)C(C)C)C1. The summed E-state index contributed by atoms with van der Waals surface area (Å²) in [6.45, 7) is 15.2. The lowest BCUT2D eigenvalue weighted by Gasteiger charge is -2.32. The van der Waals surface area contributed by atoms with Gasteiger partial charge >= 0.3 is 0 Å². The number of rotatable bonds is 5. The van der Waals surface area contributed by atoms with Gasteiger partial charge in [0.25, 0.3) is 0 Å². The number of hydrogen-bond acceptors (Lipinski definition) is 2. The van der Waals surface area contributed by atoms with E-state index < -0.39 is 0 Å². The fourth-order valence-corrected chi connectivity index (χ4v) is 2.41. The minimum Gasteiger partial charge on any atom is -0.313 e. The van der Waals surface area contributed by atoms with E-state index in [1.807, 2.05) is 0 Å². The maximum absolute atomic E-state index is 3.58. The Labute approximate surface area is 95.4 Å². The van der Waals surface area contributed by atoms with Crippen molar-refractivity contribution in [1.82, 2.24) is 10.2 Å². The van der Waals surface area contributed by atoms with Crippen molar-refractivity contribution in [1.29, 1.82) is 0 Å². The van der Waals surface area contributed by atoms with E-state index in [0.717, 1.165) is 24.4 Å². The molecule has 1 saturated heterocycles. The minimum absolute atomic E-state index is 0.603. The van der Waals surface area contributed by atoms with Gasteiger partial charge in [-0.2, -0.15) is 0 Å². The molecule has 0 aromatic rings. The van der Waals surface area contributed by atoms with Crippen LogP contribution in [0.4, 0.5) is 0 Å². The molecule has 1 N–H and O–H groups in total. The molecule has 0 saturated carbocycles. The molecule has 2 heteroatoms. The molecule has 1 aliphatic rings. The quantitative estimate of drug-likeness (QED) is 0.752. The summed E-state index contributed by atoms with van der Waals surface area (Å²) in [7, 11) is 0. The predicted octanol–water partition coefficient (Wildman–Crippen LogP) is 2.35. The molecule has 1 heterocycles. The van der Waals surface area contributed by atoms with E-state index in [9.17, 15) is 0 Å². The third-order valence-corrected chi connectivity index (χ3v) is 3.43. The predicted molar refractivity (Wildman–Crippen MR) is 67.1 cm³/mol. The monoisotopic (exact) mass is 212 g/mol. The van der Waals surface area contributed by atoms with Crippen molar-refractivity contribution in [2.75, 3.05) is 19.6 Å². The lowest BCUT2D eigenvalue weighted by molar-refractivity contribution is 0.179. The Morgan fingerprint density at radius 2 is 1.93 bits per heavy atom. The van der Waals surface area contributed by atoms with Gasteiger partial charge in [0.2, 0.25) is 0 Å². The molecular weight excluding hydrogens is 184 g/mol. The molecular formula is C13H28N2. The summed E-state index contributed by atoms with van der Waals surface area (Å²) < 4.78 is 0. The van der Waals surface area contributed by atoms with Crippen LogP contribution in [0.15, 0.2) is 0 Å². The highest BCUT2D eigenvalue weighted by atomic mass is 15.2. The maximum atomic E-state index is 3.58. The van der Waals surface area contributed by atoms with Crippen molar-refractivity contribution in [3.8, 4) is 0 Å². The number of nitrogens with zero attached hydrogens (tertiary/aromatic N) is 1. The molecule has 90 valence electrons. The van der Waals surface area contributed by atoms with Crippen LogP contribution in [0.3, 0.4) is 0 Å². The molecule has 15 heavy (non-hydrogen) atoms. The Balaban J connectivity index is 2.43. The van der Waals surface area contributed by atoms with Crippen LogP contribution >= 0.6 is 0 Å². The highest BCUT2D eigenvalue weighted by Gasteiger charge is 2.27. The van der Waals surface area contributed by atoms with Gasteiger partial charge in [-0.3, -0.25) is 4.90 Å². The summed E-state index contributed by atoms with van der Waals surface area (Å²) in [5.74, 6) is 1.65. The molecule has 0 bridgehead atoms. The summed E-state index contributed by atoms with van der Waals surface area (Å²) in [5.41, 5.74) is 0. The van der Waals surface area contributed by atoms with Crippen molar-refractivity contribution >= 4 is 0 Å². The first-order valence-corrected chi connectivity index (χ1v) is 6.48. The van der Waals surface area contributed by atoms with E-state index in [4.69, 9.17) is 0 Å². The van der Waals surface area contributed by atoms with Gasteiger partial charge in [0.15, 0.2) is 0 Å². The third-order valence-electron chi connectivity index (χ3n) is 3.43. The highest BCUT2D eigenvalue weighted by molar-refractivity contribution is 4.83. The van der Waals surface area contributed by atoms with Gasteiger partial charge in [-0.05, 0) is 24.8 Å². The second-order valence-electron chi connectivity index (χ2n) is 5.76. The lowest BCUT2D eigenvalue weighted by Crippen LogP contribution is -2.46. The van der Waals surface area contributed by atoms with E-state index in [2.05, 4.69) is 44.8 Å². The number of nitrogens with one attached hydrogen (secondary N) is 1. The molecule has 2 unspecified atom stereocenters. The first-order chi connectivity index (χ1) is 7.00. The second-order valence-corrected chi connectivity index (χ2v) is 5.76. The van der Waals surface area contributed by atoms with Crippen LogP contribution in [0.5, 0.6) is 0 Å². The highest BCUT2D eigenvalue weighted by Crippen LogP contribution is 2.21. The summed E-state index contributed by atoms with van der Waals surface area (Å²) in [5, 5.41) is 3.58. The Kier molecular flexibility index (Phi) is 5.07. The Bertz CT molecular complexity index is 177. The van der Waals surface area contributed by atoms with Crippen molar-refractivity contribution in [2.45, 2.75) is 53.1 Å². The standard InChI is InChI=1S/C13H28N2/c1-10(2)13(8-14-11(3)4)15-7-6-12(5)9-15/h10-14H,6-9H2,1-5H3. The van der Waals surface area contributed by atoms with E-state index in [1.165, 1.54) is 19.5 Å². The molecule has 0 aromatic heterocycles. The first-order valence-electron chi connectivity index (χ1n) is 6.48. The van der Waals surface area contributed by atoms with Crippen LogP contribution in [0.25, 0.3) is 0 Å². The average molecular weight is 212 g/mol. The Hall–Kier alpha value is -0.0800. The zero-order chi connectivity index (χ0) is 11.4. The largest absolute Gasteiger partial charge is 0.313 e. The first kappa shape index (κ1) is 13.0. The summed E-state index contributed by atoms with van der Waals surface area (Å²) in [4.78, 5) is 2.67. The second kappa shape index (κ2) is 5.86. The van der Waals surface area contributed by atoms with Crippen molar-refractivity contribution in [3.05, 3.63) is 0 Å². The summed E-state index contributed by atoms with van der Waals surface area (Å²) in [6, 6.07) is 1.32. The molecule has 1 rings (SSSR count). The fraction of sp³-hybridized carbons (Fsp3) is 1.00. The molecule has 0 aromatic carbocycles. The summed E-state index contributed by atoms with van der Waals surface area (Å²) in [6.07, 6.45) is 1.38. The molecule has 0 aliphatic carbocycles. The number of hydrogen-bond donors (Lipinski definition) is 1. The van der Waals surface area contributed by atoms with Crippen LogP contribution in [0, 0.1) is 11.8 Å². The van der Waals surface area contributed by atoms with E-state index in [1.54, 1.807) is 0 Å². The third kappa shape index (κ3) is 4.12.